The molecule has 0 saturated heterocycles. The molecule has 14 heavy (non-hydrogen) atoms. The lowest BCUT2D eigenvalue weighted by Gasteiger charge is -2.23. The molecule has 0 saturated carbocycles. The highest BCUT2D eigenvalue weighted by Crippen LogP contribution is 2.26. The molecule has 0 aliphatic rings. The molecule has 1 unspecified atom stereocenters. The van der Waals surface area contributed by atoms with Gasteiger partial charge in [-0.15, -0.1) is 0 Å². The normalized spacial score (nSPS) is 14.1. The fourth-order valence-electron chi connectivity index (χ4n) is 1.48. The number of aliphatic hydroxyl groups is 2. The van der Waals surface area contributed by atoms with Gasteiger partial charge in [0.1, 0.15) is 0 Å². The van der Waals surface area contributed by atoms with Gasteiger partial charge in [0.2, 0.25) is 0 Å². The van der Waals surface area contributed by atoms with E-state index in [-0.39, 0.29) is 6.61 Å². The van der Waals surface area contributed by atoms with Crippen LogP contribution in [0.3, 0.4) is 0 Å². The Bertz CT molecular complexity index is 304. The van der Waals surface area contributed by atoms with Crippen LogP contribution in [0.4, 0.5) is 0 Å². The van der Waals surface area contributed by atoms with Gasteiger partial charge in [-0.25, -0.2) is 0 Å². The fraction of sp³-hybridized carbons (Fsp3) is 0.455. The molecule has 1 atom stereocenters. The van der Waals surface area contributed by atoms with Crippen LogP contribution in [0, 0.1) is 0 Å². The molecule has 0 bridgehead atoms. The molecule has 78 valence electrons. The van der Waals surface area contributed by atoms with Crippen LogP contribution in [0.1, 0.15) is 31.0 Å². The number of hydrogen-bond acceptors (Lipinski definition) is 3. The lowest BCUT2D eigenvalue weighted by molar-refractivity contribution is 0.0767. The summed E-state index contributed by atoms with van der Waals surface area (Å²) in [5, 5.41) is 18.8. The van der Waals surface area contributed by atoms with Crippen molar-refractivity contribution in [1.29, 1.82) is 0 Å². The summed E-state index contributed by atoms with van der Waals surface area (Å²) in [5.74, 6) is 0. The zero-order valence-electron chi connectivity index (χ0n) is 8.57. The molecule has 3 heteroatoms. The molecule has 3 nitrogen and oxygen atoms in total. The molecule has 0 heterocycles. The highest BCUT2D eigenvalue weighted by atomic mass is 16.3. The monoisotopic (exact) mass is 195 g/mol. The predicted molar refractivity (Wildman–Crippen MR) is 55.7 cm³/mol. The van der Waals surface area contributed by atoms with Gasteiger partial charge in [-0.2, -0.15) is 0 Å². The smallest absolute Gasteiger partial charge is 0.0843 e. The van der Waals surface area contributed by atoms with Crippen LogP contribution in [0.15, 0.2) is 24.3 Å². The third-order valence-corrected chi connectivity index (χ3v) is 2.22. The van der Waals surface area contributed by atoms with Crippen molar-refractivity contribution in [3.63, 3.8) is 0 Å². The van der Waals surface area contributed by atoms with Crippen LogP contribution in [-0.4, -0.2) is 16.8 Å². The molecule has 1 aromatic rings. The number of rotatable bonds is 3. The predicted octanol–water partition coefficient (Wildman–Crippen LogP) is 0.906. The van der Waals surface area contributed by atoms with Crippen LogP contribution >= 0.6 is 0 Å². The Labute approximate surface area is 84.2 Å². The second kappa shape index (κ2) is 4.09. The van der Waals surface area contributed by atoms with E-state index >= 15 is 0 Å². The maximum atomic E-state index is 9.88. The van der Waals surface area contributed by atoms with Crippen LogP contribution in [0.25, 0.3) is 0 Å². The van der Waals surface area contributed by atoms with Gasteiger partial charge < -0.3 is 15.9 Å². The molecular formula is C11H17NO2. The lowest BCUT2D eigenvalue weighted by atomic mass is 9.90. The standard InChI is InChI=1S/C11H17NO2/c1-11(2,14)9-6-4-3-5-8(9)10(12)7-13/h3-6,10,13-14H,7,12H2,1-2H3. The average molecular weight is 195 g/mol. The molecule has 0 amide bonds. The Balaban J connectivity index is 3.16. The summed E-state index contributed by atoms with van der Waals surface area (Å²) in [5.41, 5.74) is 6.36. The zero-order chi connectivity index (χ0) is 10.8. The number of hydrogen-bond donors (Lipinski definition) is 3. The lowest BCUT2D eigenvalue weighted by Crippen LogP contribution is -2.23. The van der Waals surface area contributed by atoms with E-state index in [2.05, 4.69) is 0 Å². The SMILES string of the molecule is CC(C)(O)c1ccccc1C(N)CO. The Hall–Kier alpha value is -0.900. The first-order chi connectivity index (χ1) is 6.46. The van der Waals surface area contributed by atoms with E-state index < -0.39 is 11.6 Å². The summed E-state index contributed by atoms with van der Waals surface area (Å²) in [6.45, 7) is 3.29. The van der Waals surface area contributed by atoms with Crippen molar-refractivity contribution in [1.82, 2.24) is 0 Å². The van der Waals surface area contributed by atoms with E-state index in [1.807, 2.05) is 24.3 Å². The van der Waals surface area contributed by atoms with Gasteiger partial charge in [0, 0.05) is 0 Å². The Morgan fingerprint density at radius 3 is 2.43 bits per heavy atom. The first kappa shape index (κ1) is 11.2. The number of aliphatic hydroxyl groups excluding tert-OH is 1. The molecule has 0 aliphatic heterocycles. The van der Waals surface area contributed by atoms with Gasteiger partial charge in [-0.3, -0.25) is 0 Å². The average Bonchev–Trinajstić information content (AvgIpc) is 2.15. The Morgan fingerprint density at radius 2 is 1.93 bits per heavy atom. The Morgan fingerprint density at radius 1 is 1.36 bits per heavy atom. The van der Waals surface area contributed by atoms with E-state index in [4.69, 9.17) is 10.8 Å². The van der Waals surface area contributed by atoms with Crippen LogP contribution in [0.5, 0.6) is 0 Å². The first-order valence-electron chi connectivity index (χ1n) is 4.65. The van der Waals surface area contributed by atoms with Crippen molar-refractivity contribution in [3.8, 4) is 0 Å². The van der Waals surface area contributed by atoms with E-state index in [0.29, 0.717) is 0 Å². The fourth-order valence-corrected chi connectivity index (χ4v) is 1.48. The van der Waals surface area contributed by atoms with Crippen molar-refractivity contribution < 1.29 is 10.2 Å². The molecule has 1 aromatic carbocycles. The third kappa shape index (κ3) is 2.32. The largest absolute Gasteiger partial charge is 0.394 e. The highest BCUT2D eigenvalue weighted by molar-refractivity contribution is 5.33. The summed E-state index contributed by atoms with van der Waals surface area (Å²) < 4.78 is 0. The number of nitrogens with two attached hydrogens (primary N) is 1. The Kier molecular flexibility index (Phi) is 3.26. The summed E-state index contributed by atoms with van der Waals surface area (Å²) in [7, 11) is 0. The molecule has 0 aromatic heterocycles. The van der Waals surface area contributed by atoms with Gasteiger partial charge in [-0.1, -0.05) is 24.3 Å². The third-order valence-electron chi connectivity index (χ3n) is 2.22. The second-order valence-electron chi connectivity index (χ2n) is 3.94. The van der Waals surface area contributed by atoms with Crippen LogP contribution < -0.4 is 5.73 Å². The van der Waals surface area contributed by atoms with E-state index in [0.717, 1.165) is 11.1 Å². The van der Waals surface area contributed by atoms with E-state index in [1.54, 1.807) is 13.8 Å². The molecular weight excluding hydrogens is 178 g/mol. The van der Waals surface area contributed by atoms with Crippen molar-refractivity contribution >= 4 is 0 Å². The molecule has 0 radical (unpaired) electrons. The topological polar surface area (TPSA) is 66.5 Å². The summed E-state index contributed by atoms with van der Waals surface area (Å²) >= 11 is 0. The van der Waals surface area contributed by atoms with Crippen LogP contribution in [0.2, 0.25) is 0 Å². The molecule has 1 rings (SSSR count). The number of benzene rings is 1. The van der Waals surface area contributed by atoms with E-state index in [9.17, 15) is 5.11 Å². The minimum atomic E-state index is -0.927. The summed E-state index contributed by atoms with van der Waals surface area (Å²) in [4.78, 5) is 0. The van der Waals surface area contributed by atoms with Gasteiger partial charge in [0.05, 0.1) is 18.2 Å². The highest BCUT2D eigenvalue weighted by Gasteiger charge is 2.21. The first-order valence-corrected chi connectivity index (χ1v) is 4.65. The van der Waals surface area contributed by atoms with Crippen LogP contribution in [-0.2, 0) is 5.60 Å². The van der Waals surface area contributed by atoms with Crippen molar-refractivity contribution in [2.24, 2.45) is 5.73 Å². The summed E-state index contributed by atoms with van der Waals surface area (Å²) in [6, 6.07) is 6.91. The minimum absolute atomic E-state index is 0.118. The maximum absolute atomic E-state index is 9.88. The van der Waals surface area contributed by atoms with Gasteiger partial charge >= 0.3 is 0 Å². The van der Waals surface area contributed by atoms with Gasteiger partial charge in [0.25, 0.3) is 0 Å². The van der Waals surface area contributed by atoms with Gasteiger partial charge in [-0.05, 0) is 25.0 Å². The molecule has 0 spiro atoms. The molecule has 4 N–H and O–H groups in total. The quantitative estimate of drug-likeness (QED) is 0.671. The minimum Gasteiger partial charge on any atom is -0.394 e. The zero-order valence-corrected chi connectivity index (χ0v) is 8.57. The maximum Gasteiger partial charge on any atom is 0.0843 e. The van der Waals surface area contributed by atoms with Crippen molar-refractivity contribution in [3.05, 3.63) is 35.4 Å². The molecule has 0 fully saturated rings. The summed E-state index contributed by atoms with van der Waals surface area (Å²) in [6.07, 6.45) is 0. The van der Waals surface area contributed by atoms with Gasteiger partial charge in [0.15, 0.2) is 0 Å². The van der Waals surface area contributed by atoms with Crippen molar-refractivity contribution in [2.75, 3.05) is 6.61 Å². The van der Waals surface area contributed by atoms with E-state index in [1.165, 1.54) is 0 Å². The van der Waals surface area contributed by atoms with Crippen molar-refractivity contribution in [2.45, 2.75) is 25.5 Å². The second-order valence-corrected chi connectivity index (χ2v) is 3.94. The molecule has 0 aliphatic carbocycles.